The highest BCUT2D eigenvalue weighted by atomic mass is 16.5. The molecule has 0 radical (unpaired) electrons. The Morgan fingerprint density at radius 3 is 2.48 bits per heavy atom. The van der Waals surface area contributed by atoms with Crippen molar-refractivity contribution in [3.8, 4) is 17.2 Å². The molecule has 1 aliphatic rings. The zero-order valence-electron chi connectivity index (χ0n) is 16.6. The number of carboxylic acid groups (broad SMARTS) is 1. The number of aryl methyl sites for hydroxylation is 1. The lowest BCUT2D eigenvalue weighted by Crippen LogP contribution is -2.39. The minimum Gasteiger partial charge on any atom is -0.493 e. The third-order valence-electron chi connectivity index (χ3n) is 5.75. The van der Waals surface area contributed by atoms with E-state index in [9.17, 15) is 9.90 Å². The summed E-state index contributed by atoms with van der Waals surface area (Å²) in [6, 6.07) is 17.6. The van der Waals surface area contributed by atoms with Crippen LogP contribution in [0.4, 0.5) is 0 Å². The molecule has 1 aliphatic carbocycles. The Kier molecular flexibility index (Phi) is 5.38. The molecule has 0 saturated heterocycles. The highest BCUT2D eigenvalue weighted by Gasteiger charge is 2.44. The molecule has 5 heteroatoms. The van der Waals surface area contributed by atoms with Crippen LogP contribution < -0.4 is 4.74 Å². The average molecular weight is 391 g/mol. The summed E-state index contributed by atoms with van der Waals surface area (Å²) in [6.45, 7) is 2.42. The van der Waals surface area contributed by atoms with Gasteiger partial charge in [-0.3, -0.25) is 4.79 Å². The molecule has 3 aromatic rings. The molecule has 2 aromatic carbocycles. The van der Waals surface area contributed by atoms with Crippen molar-refractivity contribution in [2.45, 2.75) is 39.0 Å². The maximum absolute atomic E-state index is 11.5. The second kappa shape index (κ2) is 8.11. The van der Waals surface area contributed by atoms with E-state index in [1.807, 2.05) is 61.5 Å². The van der Waals surface area contributed by atoms with E-state index in [0.29, 0.717) is 25.3 Å². The van der Waals surface area contributed by atoms with Gasteiger partial charge in [0.2, 0.25) is 5.89 Å². The van der Waals surface area contributed by atoms with Crippen LogP contribution in [-0.4, -0.2) is 22.7 Å². The fourth-order valence-electron chi connectivity index (χ4n) is 3.79. The summed E-state index contributed by atoms with van der Waals surface area (Å²) in [4.78, 5) is 16.1. The quantitative estimate of drug-likeness (QED) is 0.580. The van der Waals surface area contributed by atoms with Gasteiger partial charge >= 0.3 is 5.97 Å². The highest BCUT2D eigenvalue weighted by molar-refractivity contribution is 5.76. The van der Waals surface area contributed by atoms with Crippen molar-refractivity contribution in [2.24, 2.45) is 5.41 Å². The zero-order valence-corrected chi connectivity index (χ0v) is 16.6. The number of nitrogens with zero attached hydrogens (tertiary/aromatic N) is 1. The Bertz CT molecular complexity index is 972. The van der Waals surface area contributed by atoms with E-state index in [0.717, 1.165) is 47.6 Å². The summed E-state index contributed by atoms with van der Waals surface area (Å²) in [5.41, 5.74) is 2.33. The lowest BCUT2D eigenvalue weighted by atomic mass is 9.65. The van der Waals surface area contributed by atoms with Crippen LogP contribution in [0.1, 0.15) is 36.3 Å². The predicted octanol–water partition coefficient (Wildman–Crippen LogP) is 5.07. The first-order valence-electron chi connectivity index (χ1n) is 10.0. The molecule has 0 amide bonds. The topological polar surface area (TPSA) is 72.6 Å². The summed E-state index contributed by atoms with van der Waals surface area (Å²) in [7, 11) is 0. The maximum atomic E-state index is 11.5. The molecule has 1 N–H and O–H groups in total. The molecule has 0 aliphatic heterocycles. The number of ether oxygens (including phenoxy) is 1. The minimum absolute atomic E-state index is 0.500. The number of carbonyl (C=O) groups is 1. The standard InChI is InChI=1S/C24H25NO4/c1-17-21(25-22(29-17)19-6-3-2-4-7-19)12-15-28-20-10-8-18(9-11-20)16-24(23(26)27)13-5-14-24/h2-4,6-11H,5,12-16H2,1H3,(H,26,27). The summed E-state index contributed by atoms with van der Waals surface area (Å²) in [6.07, 6.45) is 3.78. The van der Waals surface area contributed by atoms with Crippen molar-refractivity contribution in [1.82, 2.24) is 4.98 Å². The monoisotopic (exact) mass is 391 g/mol. The second-order valence-corrected chi connectivity index (χ2v) is 7.75. The Balaban J connectivity index is 1.32. The van der Waals surface area contributed by atoms with E-state index in [-0.39, 0.29) is 0 Å². The van der Waals surface area contributed by atoms with Crippen LogP contribution in [0.15, 0.2) is 59.0 Å². The third-order valence-corrected chi connectivity index (χ3v) is 5.75. The largest absolute Gasteiger partial charge is 0.493 e. The van der Waals surface area contributed by atoms with Crippen LogP contribution in [-0.2, 0) is 17.6 Å². The van der Waals surface area contributed by atoms with Gasteiger partial charge in [-0.25, -0.2) is 4.98 Å². The van der Waals surface area contributed by atoms with Gasteiger partial charge in [0.25, 0.3) is 0 Å². The molecule has 0 spiro atoms. The molecule has 5 nitrogen and oxygen atoms in total. The molecular formula is C24H25NO4. The van der Waals surface area contributed by atoms with E-state index >= 15 is 0 Å². The molecule has 0 unspecified atom stereocenters. The van der Waals surface area contributed by atoms with Gasteiger partial charge in [0.1, 0.15) is 11.5 Å². The lowest BCUT2D eigenvalue weighted by molar-refractivity contribution is -0.154. The summed E-state index contributed by atoms with van der Waals surface area (Å²) >= 11 is 0. The van der Waals surface area contributed by atoms with Crippen molar-refractivity contribution < 1.29 is 19.1 Å². The van der Waals surface area contributed by atoms with Crippen molar-refractivity contribution in [2.75, 3.05) is 6.61 Å². The smallest absolute Gasteiger partial charge is 0.309 e. The predicted molar refractivity (Wildman–Crippen MR) is 110 cm³/mol. The molecule has 4 rings (SSSR count). The number of oxazole rings is 1. The van der Waals surface area contributed by atoms with E-state index in [1.54, 1.807) is 0 Å². The first-order chi connectivity index (χ1) is 14.1. The van der Waals surface area contributed by atoms with Crippen LogP contribution in [0, 0.1) is 12.3 Å². The number of hydrogen-bond donors (Lipinski definition) is 1. The first-order valence-corrected chi connectivity index (χ1v) is 10.0. The van der Waals surface area contributed by atoms with Gasteiger partial charge in [-0.05, 0) is 56.0 Å². The molecule has 29 heavy (non-hydrogen) atoms. The molecule has 0 atom stereocenters. The van der Waals surface area contributed by atoms with E-state index in [2.05, 4.69) is 4.98 Å². The van der Waals surface area contributed by atoms with Gasteiger partial charge in [-0.1, -0.05) is 36.8 Å². The summed E-state index contributed by atoms with van der Waals surface area (Å²) in [5, 5.41) is 9.48. The van der Waals surface area contributed by atoms with Crippen molar-refractivity contribution >= 4 is 5.97 Å². The number of carboxylic acids is 1. The molecular weight excluding hydrogens is 366 g/mol. The van der Waals surface area contributed by atoms with Gasteiger partial charge in [-0.15, -0.1) is 0 Å². The Hall–Kier alpha value is -3.08. The average Bonchev–Trinajstić information content (AvgIpc) is 3.07. The van der Waals surface area contributed by atoms with Crippen molar-refractivity contribution in [1.29, 1.82) is 0 Å². The fourth-order valence-corrected chi connectivity index (χ4v) is 3.79. The highest BCUT2D eigenvalue weighted by Crippen LogP contribution is 2.44. The molecule has 1 fully saturated rings. The number of hydrogen-bond acceptors (Lipinski definition) is 4. The number of benzene rings is 2. The van der Waals surface area contributed by atoms with Gasteiger partial charge in [0.15, 0.2) is 0 Å². The fraction of sp³-hybridized carbons (Fsp3) is 0.333. The number of aromatic nitrogens is 1. The van der Waals surface area contributed by atoms with Gasteiger partial charge < -0.3 is 14.3 Å². The number of aliphatic carboxylic acids is 1. The third kappa shape index (κ3) is 4.19. The second-order valence-electron chi connectivity index (χ2n) is 7.75. The van der Waals surface area contributed by atoms with E-state index in [4.69, 9.17) is 9.15 Å². The van der Waals surface area contributed by atoms with E-state index in [1.165, 1.54) is 0 Å². The van der Waals surface area contributed by atoms with Crippen molar-refractivity contribution in [3.63, 3.8) is 0 Å². The first kappa shape index (κ1) is 19.2. The summed E-state index contributed by atoms with van der Waals surface area (Å²) in [5.74, 6) is 1.53. The Morgan fingerprint density at radius 2 is 1.86 bits per heavy atom. The molecule has 1 heterocycles. The lowest BCUT2D eigenvalue weighted by Gasteiger charge is -2.37. The number of rotatable bonds is 8. The Morgan fingerprint density at radius 1 is 1.14 bits per heavy atom. The van der Waals surface area contributed by atoms with Crippen molar-refractivity contribution in [3.05, 3.63) is 71.6 Å². The molecule has 1 aromatic heterocycles. The molecule has 0 bridgehead atoms. The molecule has 150 valence electrons. The van der Waals surface area contributed by atoms with Gasteiger partial charge in [0, 0.05) is 12.0 Å². The normalized spacial score (nSPS) is 14.9. The van der Waals surface area contributed by atoms with Gasteiger partial charge in [0.05, 0.1) is 17.7 Å². The van der Waals surface area contributed by atoms with Crippen LogP contribution >= 0.6 is 0 Å². The SMILES string of the molecule is Cc1oc(-c2ccccc2)nc1CCOc1ccc(CC2(C(=O)O)CCC2)cc1. The van der Waals surface area contributed by atoms with Crippen LogP contribution in [0.25, 0.3) is 11.5 Å². The van der Waals surface area contributed by atoms with Crippen LogP contribution in [0.5, 0.6) is 5.75 Å². The van der Waals surface area contributed by atoms with Gasteiger partial charge in [-0.2, -0.15) is 0 Å². The van der Waals surface area contributed by atoms with Crippen LogP contribution in [0.3, 0.4) is 0 Å². The minimum atomic E-state index is -0.679. The molecule has 1 saturated carbocycles. The van der Waals surface area contributed by atoms with Crippen LogP contribution in [0.2, 0.25) is 0 Å². The zero-order chi connectivity index (χ0) is 20.3. The maximum Gasteiger partial charge on any atom is 0.309 e. The Labute approximate surface area is 170 Å². The van der Waals surface area contributed by atoms with E-state index < -0.39 is 11.4 Å². The summed E-state index contributed by atoms with van der Waals surface area (Å²) < 4.78 is 11.6.